The molecule has 1 aliphatic rings. The maximum atomic E-state index is 12.0. The first-order valence-corrected chi connectivity index (χ1v) is 5.85. The summed E-state index contributed by atoms with van der Waals surface area (Å²) in [6.07, 6.45) is 0. The van der Waals surface area contributed by atoms with Crippen molar-refractivity contribution in [3.63, 3.8) is 0 Å². The van der Waals surface area contributed by atoms with Crippen molar-refractivity contribution in [1.82, 2.24) is 18.7 Å². The predicted molar refractivity (Wildman–Crippen MR) is 61.6 cm³/mol. The molecule has 0 N–H and O–H groups in total. The van der Waals surface area contributed by atoms with Crippen molar-refractivity contribution < 1.29 is 4.79 Å². The fourth-order valence-corrected chi connectivity index (χ4v) is 2.75. The van der Waals surface area contributed by atoms with Crippen LogP contribution in [-0.2, 0) is 14.1 Å². The maximum Gasteiger partial charge on any atom is 0.332 e. The van der Waals surface area contributed by atoms with E-state index >= 15 is 0 Å². The molecule has 0 spiro atoms. The summed E-state index contributed by atoms with van der Waals surface area (Å²) in [5.41, 5.74) is -0.498. The summed E-state index contributed by atoms with van der Waals surface area (Å²) >= 11 is 1.27. The Hall–Kier alpha value is -1.83. The van der Waals surface area contributed by atoms with Crippen molar-refractivity contribution in [3.05, 3.63) is 20.8 Å². The van der Waals surface area contributed by atoms with Gasteiger partial charge in [0.1, 0.15) is 0 Å². The summed E-state index contributed by atoms with van der Waals surface area (Å²) < 4.78 is 3.55. The van der Waals surface area contributed by atoms with Crippen LogP contribution in [0.25, 0.3) is 11.2 Å². The lowest BCUT2D eigenvalue weighted by Gasteiger charge is -2.03. The lowest BCUT2D eigenvalue weighted by atomic mass is 10.5. The average Bonchev–Trinajstić information content (AvgIpc) is 2.84. The Morgan fingerprint density at radius 3 is 2.59 bits per heavy atom. The topological polar surface area (TPSA) is 78.9 Å². The zero-order valence-electron chi connectivity index (χ0n) is 9.13. The van der Waals surface area contributed by atoms with Crippen LogP contribution in [0.2, 0.25) is 0 Å². The van der Waals surface area contributed by atoms with Gasteiger partial charge < -0.3 is 0 Å². The van der Waals surface area contributed by atoms with E-state index in [2.05, 4.69) is 4.98 Å². The maximum absolute atomic E-state index is 12.0. The Kier molecular flexibility index (Phi) is 1.88. The van der Waals surface area contributed by atoms with E-state index < -0.39 is 11.2 Å². The Morgan fingerprint density at radius 1 is 1.18 bits per heavy atom. The number of rotatable bonds is 0. The summed E-state index contributed by atoms with van der Waals surface area (Å²) in [7, 11) is 2.92. The number of hydrogen-bond donors (Lipinski definition) is 0. The van der Waals surface area contributed by atoms with Gasteiger partial charge in [0.2, 0.25) is 5.91 Å². The molecule has 0 amide bonds. The first kappa shape index (κ1) is 10.3. The van der Waals surface area contributed by atoms with Gasteiger partial charge >= 0.3 is 5.69 Å². The van der Waals surface area contributed by atoms with Gasteiger partial charge in [0.15, 0.2) is 16.3 Å². The molecule has 0 radical (unpaired) electrons. The van der Waals surface area contributed by atoms with Gasteiger partial charge in [-0.1, -0.05) is 11.8 Å². The minimum Gasteiger partial charge on any atom is -0.279 e. The molecular formula is C9H8N4O3S. The molecule has 0 unspecified atom stereocenters. The summed E-state index contributed by atoms with van der Waals surface area (Å²) in [6, 6.07) is 0. The van der Waals surface area contributed by atoms with E-state index in [1.165, 1.54) is 35.0 Å². The Bertz CT molecular complexity index is 782. The third-order valence-electron chi connectivity index (χ3n) is 2.80. The van der Waals surface area contributed by atoms with E-state index in [9.17, 15) is 14.4 Å². The lowest BCUT2D eigenvalue weighted by molar-refractivity contribution is 0.0944. The Morgan fingerprint density at radius 2 is 1.88 bits per heavy atom. The van der Waals surface area contributed by atoms with Gasteiger partial charge in [-0.25, -0.2) is 14.3 Å². The highest BCUT2D eigenvalue weighted by Gasteiger charge is 2.28. The van der Waals surface area contributed by atoms with Crippen LogP contribution in [0.15, 0.2) is 14.7 Å². The summed E-state index contributed by atoms with van der Waals surface area (Å²) in [5, 5.41) is 0.475. The average molecular weight is 252 g/mol. The van der Waals surface area contributed by atoms with Gasteiger partial charge in [0.05, 0.1) is 5.75 Å². The van der Waals surface area contributed by atoms with E-state index in [0.29, 0.717) is 5.16 Å². The number of nitrogens with zero attached hydrogens (tertiary/aromatic N) is 4. The molecule has 88 valence electrons. The number of hydrogen-bond acceptors (Lipinski definition) is 5. The number of imidazole rings is 1. The standard InChI is InChI=1S/C9H8N4O3S/c1-11-6-5(7(15)12(2)9(11)16)13-4(14)3-17-8(13)10-6/h3H2,1-2H3. The molecule has 17 heavy (non-hydrogen) atoms. The van der Waals surface area contributed by atoms with Crippen LogP contribution in [0.1, 0.15) is 4.79 Å². The molecule has 3 rings (SSSR count). The van der Waals surface area contributed by atoms with Crippen molar-refractivity contribution in [3.8, 4) is 0 Å². The van der Waals surface area contributed by atoms with Crippen LogP contribution in [0.5, 0.6) is 0 Å². The van der Waals surface area contributed by atoms with E-state index in [4.69, 9.17) is 0 Å². The predicted octanol–water partition coefficient (Wildman–Crippen LogP) is -0.820. The first-order chi connectivity index (χ1) is 8.02. The number of fused-ring (bicyclic) bond motifs is 3. The van der Waals surface area contributed by atoms with Gasteiger partial charge in [-0.05, 0) is 0 Å². The van der Waals surface area contributed by atoms with Crippen LogP contribution >= 0.6 is 11.8 Å². The van der Waals surface area contributed by atoms with Gasteiger partial charge in [-0.3, -0.25) is 18.7 Å². The van der Waals surface area contributed by atoms with Crippen LogP contribution in [0, 0.1) is 0 Å². The lowest BCUT2D eigenvalue weighted by Crippen LogP contribution is -2.37. The number of aromatic nitrogens is 4. The second kappa shape index (κ2) is 3.10. The van der Waals surface area contributed by atoms with Crippen molar-refractivity contribution in [1.29, 1.82) is 0 Å². The number of thioether (sulfide) groups is 1. The monoisotopic (exact) mass is 252 g/mol. The second-order valence-electron chi connectivity index (χ2n) is 3.79. The minimum absolute atomic E-state index is 0.178. The molecule has 0 fully saturated rings. The summed E-state index contributed by atoms with van der Waals surface area (Å²) in [5.74, 6) is 0.104. The van der Waals surface area contributed by atoms with Gasteiger partial charge in [-0.2, -0.15) is 0 Å². The molecule has 8 heteroatoms. The molecule has 2 aromatic rings. The molecular weight excluding hydrogens is 244 g/mol. The number of carbonyl (C=O) groups is 1. The highest BCUT2D eigenvalue weighted by atomic mass is 32.2. The van der Waals surface area contributed by atoms with Crippen LogP contribution in [0.3, 0.4) is 0 Å². The fraction of sp³-hybridized carbons (Fsp3) is 0.333. The van der Waals surface area contributed by atoms with Gasteiger partial charge in [0, 0.05) is 14.1 Å². The number of carbonyl (C=O) groups excluding carboxylic acids is 1. The van der Waals surface area contributed by atoms with Crippen molar-refractivity contribution in [2.24, 2.45) is 14.1 Å². The second-order valence-corrected chi connectivity index (χ2v) is 4.73. The van der Waals surface area contributed by atoms with Crippen molar-refractivity contribution in [2.75, 3.05) is 5.75 Å². The molecule has 3 heterocycles. The van der Waals surface area contributed by atoms with E-state index in [-0.39, 0.29) is 22.8 Å². The Balaban J connectivity index is 2.65. The molecule has 0 aromatic carbocycles. The molecule has 0 bridgehead atoms. The SMILES string of the molecule is Cn1c(=O)c2c(nc3n2C(=O)CS3)n(C)c1=O. The first-order valence-electron chi connectivity index (χ1n) is 4.87. The highest BCUT2D eigenvalue weighted by Crippen LogP contribution is 2.27. The fourth-order valence-electron chi connectivity index (χ4n) is 1.89. The third-order valence-corrected chi connectivity index (χ3v) is 3.72. The molecule has 0 atom stereocenters. The van der Waals surface area contributed by atoms with Gasteiger partial charge in [0.25, 0.3) is 5.56 Å². The summed E-state index contributed by atoms with van der Waals surface area (Å²) in [6.45, 7) is 0. The largest absolute Gasteiger partial charge is 0.332 e. The van der Waals surface area contributed by atoms with Gasteiger partial charge in [-0.15, -0.1) is 0 Å². The third kappa shape index (κ3) is 1.13. The molecule has 7 nitrogen and oxygen atoms in total. The van der Waals surface area contributed by atoms with Crippen molar-refractivity contribution >= 4 is 28.8 Å². The molecule has 0 saturated heterocycles. The van der Waals surface area contributed by atoms with E-state index in [0.717, 1.165) is 4.57 Å². The number of aryl methyl sites for hydroxylation is 1. The highest BCUT2D eigenvalue weighted by molar-refractivity contribution is 8.00. The van der Waals surface area contributed by atoms with Crippen LogP contribution in [-0.4, -0.2) is 30.3 Å². The zero-order valence-corrected chi connectivity index (χ0v) is 9.95. The van der Waals surface area contributed by atoms with Crippen LogP contribution < -0.4 is 11.2 Å². The van der Waals surface area contributed by atoms with Crippen molar-refractivity contribution in [2.45, 2.75) is 5.16 Å². The molecule has 1 aliphatic heterocycles. The molecule has 0 saturated carbocycles. The van der Waals surface area contributed by atoms with E-state index in [1.807, 2.05) is 0 Å². The molecule has 0 aliphatic carbocycles. The minimum atomic E-state index is -0.488. The van der Waals surface area contributed by atoms with Crippen LogP contribution in [0.4, 0.5) is 0 Å². The van der Waals surface area contributed by atoms with E-state index in [1.54, 1.807) is 0 Å². The summed E-state index contributed by atoms with van der Waals surface area (Å²) in [4.78, 5) is 39.5. The molecule has 2 aromatic heterocycles. The quantitative estimate of drug-likeness (QED) is 0.612. The Labute approximate surface area is 98.7 Å². The smallest absolute Gasteiger partial charge is 0.279 e. The normalized spacial score (nSPS) is 14.6. The zero-order chi connectivity index (χ0) is 12.3.